The predicted molar refractivity (Wildman–Crippen MR) is 119 cm³/mol. The normalized spacial score (nSPS) is 11.1. The second kappa shape index (κ2) is 8.66. The van der Waals surface area contributed by atoms with Crippen LogP contribution >= 0.6 is 11.3 Å². The van der Waals surface area contributed by atoms with E-state index in [0.29, 0.717) is 11.5 Å². The van der Waals surface area contributed by atoms with E-state index in [1.54, 1.807) is 41.8 Å². The van der Waals surface area contributed by atoms with Crippen molar-refractivity contribution >= 4 is 33.0 Å². The Hall–Kier alpha value is -3.56. The van der Waals surface area contributed by atoms with Gasteiger partial charge in [-0.25, -0.2) is 9.97 Å². The number of amides is 1. The van der Waals surface area contributed by atoms with Crippen LogP contribution in [0.15, 0.2) is 83.2 Å². The van der Waals surface area contributed by atoms with Gasteiger partial charge in [-0.15, -0.1) is 11.3 Å². The highest BCUT2D eigenvalue weighted by molar-refractivity contribution is 7.87. The molecule has 9 heteroatoms. The Morgan fingerprint density at radius 2 is 1.74 bits per heavy atom. The number of carbonyl (C=O) groups is 1. The summed E-state index contributed by atoms with van der Waals surface area (Å²) in [4.78, 5) is 21.0. The Labute approximate surface area is 183 Å². The molecule has 31 heavy (non-hydrogen) atoms. The van der Waals surface area contributed by atoms with Gasteiger partial charge in [0, 0.05) is 24.4 Å². The van der Waals surface area contributed by atoms with Crippen molar-refractivity contribution in [3.05, 3.63) is 78.3 Å². The fraction of sp³-hybridized carbons (Fsp3) is 0.0455. The van der Waals surface area contributed by atoms with Gasteiger partial charge in [-0.2, -0.15) is 8.42 Å². The zero-order valence-electron chi connectivity index (χ0n) is 16.3. The molecule has 2 heterocycles. The average molecular weight is 452 g/mol. The maximum atomic E-state index is 12.5. The van der Waals surface area contributed by atoms with Crippen molar-refractivity contribution in [3.8, 4) is 27.7 Å². The number of nitrogens with zero attached hydrogens (tertiary/aromatic N) is 2. The molecule has 1 N–H and O–H groups in total. The van der Waals surface area contributed by atoms with Gasteiger partial charge in [-0.1, -0.05) is 6.07 Å². The van der Waals surface area contributed by atoms with Crippen molar-refractivity contribution < 1.29 is 17.4 Å². The molecule has 4 aromatic rings. The van der Waals surface area contributed by atoms with Crippen LogP contribution in [0, 0.1) is 0 Å². The number of aromatic nitrogens is 2. The van der Waals surface area contributed by atoms with Crippen molar-refractivity contribution in [2.24, 2.45) is 0 Å². The van der Waals surface area contributed by atoms with E-state index in [4.69, 9.17) is 4.18 Å². The van der Waals surface area contributed by atoms with Gasteiger partial charge in [-0.3, -0.25) is 4.79 Å². The summed E-state index contributed by atoms with van der Waals surface area (Å²) in [5.74, 6) is 0.467. The zero-order valence-corrected chi connectivity index (χ0v) is 18.0. The topological polar surface area (TPSA) is 98.2 Å². The molecule has 0 spiro atoms. The molecular weight excluding hydrogens is 434 g/mol. The maximum Gasteiger partial charge on any atom is 0.339 e. The van der Waals surface area contributed by atoms with Crippen LogP contribution in [0.4, 0.5) is 5.69 Å². The van der Waals surface area contributed by atoms with Gasteiger partial charge in [0.1, 0.15) is 10.6 Å². The number of hydrogen-bond acceptors (Lipinski definition) is 7. The van der Waals surface area contributed by atoms with Crippen LogP contribution in [0.25, 0.3) is 22.0 Å². The number of benzene rings is 2. The van der Waals surface area contributed by atoms with E-state index >= 15 is 0 Å². The lowest BCUT2D eigenvalue weighted by atomic mass is 10.2. The molecule has 156 valence electrons. The summed E-state index contributed by atoms with van der Waals surface area (Å²) in [6.07, 6.45) is 1.69. The fourth-order valence-corrected chi connectivity index (χ4v) is 4.43. The average Bonchev–Trinajstić information content (AvgIpc) is 3.29. The summed E-state index contributed by atoms with van der Waals surface area (Å²) in [6, 6.07) is 18.1. The molecule has 4 rings (SSSR count). The van der Waals surface area contributed by atoms with Gasteiger partial charge in [0.25, 0.3) is 0 Å². The molecule has 0 fully saturated rings. The molecule has 0 aliphatic heterocycles. The highest BCUT2D eigenvalue weighted by Crippen LogP contribution is 2.26. The van der Waals surface area contributed by atoms with E-state index in [1.807, 2.05) is 23.6 Å². The third-order valence-corrected chi connectivity index (χ3v) is 6.36. The molecule has 0 atom stereocenters. The van der Waals surface area contributed by atoms with Gasteiger partial charge in [0.2, 0.25) is 5.91 Å². The van der Waals surface area contributed by atoms with Gasteiger partial charge in [-0.05, 0) is 66.0 Å². The van der Waals surface area contributed by atoms with Crippen LogP contribution < -0.4 is 9.50 Å². The summed E-state index contributed by atoms with van der Waals surface area (Å²) in [6.45, 7) is 1.38. The number of carbonyl (C=O) groups excluding carboxylic acids is 1. The van der Waals surface area contributed by atoms with E-state index in [2.05, 4.69) is 15.3 Å². The number of hydrogen-bond donors (Lipinski definition) is 1. The minimum Gasteiger partial charge on any atom is -0.379 e. The van der Waals surface area contributed by atoms with Crippen molar-refractivity contribution in [1.29, 1.82) is 0 Å². The summed E-state index contributed by atoms with van der Waals surface area (Å²) < 4.78 is 30.3. The van der Waals surface area contributed by atoms with E-state index in [1.165, 1.54) is 31.2 Å². The number of nitrogens with one attached hydrogen (secondary N) is 1. The predicted octanol–water partition coefficient (Wildman–Crippen LogP) is 4.60. The molecule has 0 radical (unpaired) electrons. The van der Waals surface area contributed by atoms with Crippen molar-refractivity contribution in [3.63, 3.8) is 0 Å². The lowest BCUT2D eigenvalue weighted by Gasteiger charge is -2.09. The molecule has 2 aromatic heterocycles. The Balaban J connectivity index is 1.51. The van der Waals surface area contributed by atoms with E-state index in [9.17, 15) is 13.2 Å². The van der Waals surface area contributed by atoms with Crippen LogP contribution in [-0.4, -0.2) is 24.3 Å². The van der Waals surface area contributed by atoms with Gasteiger partial charge >= 0.3 is 10.1 Å². The minimum atomic E-state index is -4.01. The first kappa shape index (κ1) is 20.7. The van der Waals surface area contributed by atoms with Crippen LogP contribution in [0.3, 0.4) is 0 Å². The van der Waals surface area contributed by atoms with E-state index < -0.39 is 10.1 Å². The lowest BCUT2D eigenvalue weighted by Crippen LogP contribution is -2.10. The zero-order chi connectivity index (χ0) is 21.8. The van der Waals surface area contributed by atoms with Gasteiger partial charge < -0.3 is 9.50 Å². The summed E-state index contributed by atoms with van der Waals surface area (Å²) in [7, 11) is -4.01. The smallest absolute Gasteiger partial charge is 0.339 e. The Morgan fingerprint density at radius 1 is 1.00 bits per heavy atom. The maximum absolute atomic E-state index is 12.5. The summed E-state index contributed by atoms with van der Waals surface area (Å²) in [5.41, 5.74) is 2.06. The van der Waals surface area contributed by atoms with E-state index in [0.717, 1.165) is 16.1 Å². The molecule has 0 aliphatic carbocycles. The van der Waals surface area contributed by atoms with Crippen molar-refractivity contribution in [2.75, 3.05) is 5.32 Å². The quantitative estimate of drug-likeness (QED) is 0.430. The highest BCUT2D eigenvalue weighted by Gasteiger charge is 2.17. The van der Waals surface area contributed by atoms with E-state index in [-0.39, 0.29) is 16.6 Å². The van der Waals surface area contributed by atoms with Crippen molar-refractivity contribution in [2.45, 2.75) is 11.8 Å². The minimum absolute atomic E-state index is 0.0161. The number of anilines is 1. The highest BCUT2D eigenvalue weighted by atomic mass is 32.2. The van der Waals surface area contributed by atoms with Gasteiger partial charge in [0.05, 0.1) is 10.6 Å². The molecule has 0 saturated carbocycles. The van der Waals surface area contributed by atoms with Gasteiger partial charge in [0.15, 0.2) is 5.82 Å². The Morgan fingerprint density at radius 3 is 2.39 bits per heavy atom. The van der Waals surface area contributed by atoms with Crippen LogP contribution in [0.1, 0.15) is 6.92 Å². The lowest BCUT2D eigenvalue weighted by molar-refractivity contribution is -0.114. The molecule has 7 nitrogen and oxygen atoms in total. The fourth-order valence-electron chi connectivity index (χ4n) is 2.80. The second-order valence-corrected chi connectivity index (χ2v) is 9.00. The third kappa shape index (κ3) is 4.96. The monoisotopic (exact) mass is 451 g/mol. The number of thiophene rings is 1. The molecule has 2 aromatic carbocycles. The molecule has 0 aliphatic rings. The summed E-state index contributed by atoms with van der Waals surface area (Å²) in [5, 5.41) is 4.57. The Kier molecular flexibility index (Phi) is 5.79. The Bertz CT molecular complexity index is 1300. The molecular formula is C22H17N3O4S2. The molecule has 1 amide bonds. The largest absolute Gasteiger partial charge is 0.379 e. The third-order valence-electron chi connectivity index (χ3n) is 4.21. The van der Waals surface area contributed by atoms with Crippen molar-refractivity contribution in [1.82, 2.24) is 9.97 Å². The number of rotatable bonds is 6. The molecule has 0 unspecified atom stereocenters. The van der Waals surface area contributed by atoms with Crippen LogP contribution in [0.2, 0.25) is 0 Å². The summed E-state index contributed by atoms with van der Waals surface area (Å²) >= 11 is 1.59. The first-order valence-electron chi connectivity index (χ1n) is 9.20. The standard InChI is InChI=1S/C22H17N3O4S2/c1-15(26)24-17-6-10-19(11-7-17)31(27,28)29-18-8-4-16(5-9-18)22-23-13-12-20(25-22)21-3-2-14-30-21/h2-14H,1H3,(H,24,26). The molecule has 0 bridgehead atoms. The van der Waals surface area contributed by atoms with Crippen LogP contribution in [0.5, 0.6) is 5.75 Å². The first-order valence-corrected chi connectivity index (χ1v) is 11.5. The second-order valence-electron chi connectivity index (χ2n) is 6.51. The molecule has 0 saturated heterocycles. The SMILES string of the molecule is CC(=O)Nc1ccc(S(=O)(=O)Oc2ccc(-c3nccc(-c4cccs4)n3)cc2)cc1. The first-order chi connectivity index (χ1) is 14.9. The van der Waals surface area contributed by atoms with Crippen LogP contribution in [-0.2, 0) is 14.9 Å².